The first-order valence-electron chi connectivity index (χ1n) is 6.41. The van der Waals surface area contributed by atoms with Crippen LogP contribution in [-0.4, -0.2) is 23.2 Å². The Morgan fingerprint density at radius 2 is 2.17 bits per heavy atom. The zero-order valence-corrected chi connectivity index (χ0v) is 11.5. The van der Waals surface area contributed by atoms with E-state index in [1.165, 1.54) is 11.1 Å². The molecule has 0 bridgehead atoms. The Labute approximate surface area is 108 Å². The molecule has 1 heterocycles. The lowest BCUT2D eigenvalue weighted by atomic mass is 9.80. The quantitative estimate of drug-likeness (QED) is 0.872. The summed E-state index contributed by atoms with van der Waals surface area (Å²) in [4.78, 5) is 13.1. The molecular formula is C15H21NO2. The van der Waals surface area contributed by atoms with E-state index in [-0.39, 0.29) is 12.1 Å². The van der Waals surface area contributed by atoms with Gasteiger partial charge in [-0.15, -0.1) is 0 Å². The van der Waals surface area contributed by atoms with Crippen LogP contribution in [0.15, 0.2) is 18.2 Å². The molecular weight excluding hydrogens is 226 g/mol. The summed E-state index contributed by atoms with van der Waals surface area (Å²) in [6.07, 6.45) is 0.982. The molecule has 98 valence electrons. The van der Waals surface area contributed by atoms with E-state index in [2.05, 4.69) is 39.0 Å². The molecule has 0 spiro atoms. The first-order valence-corrected chi connectivity index (χ1v) is 6.41. The van der Waals surface area contributed by atoms with Gasteiger partial charge in [-0.05, 0) is 50.3 Å². The van der Waals surface area contributed by atoms with Crippen LogP contribution in [0.5, 0.6) is 0 Å². The third-order valence-corrected chi connectivity index (χ3v) is 3.84. The van der Waals surface area contributed by atoms with Crippen molar-refractivity contribution < 1.29 is 9.90 Å². The summed E-state index contributed by atoms with van der Waals surface area (Å²) in [5.41, 5.74) is 3.41. The molecule has 0 amide bonds. The Bertz CT molecular complexity index is 479. The fourth-order valence-corrected chi connectivity index (χ4v) is 3.03. The second kappa shape index (κ2) is 4.30. The zero-order chi connectivity index (χ0) is 13.5. The van der Waals surface area contributed by atoms with Gasteiger partial charge in [0.25, 0.3) is 0 Å². The van der Waals surface area contributed by atoms with Gasteiger partial charge < -0.3 is 10.0 Å². The molecule has 1 atom stereocenters. The largest absolute Gasteiger partial charge is 0.480 e. The van der Waals surface area contributed by atoms with Crippen molar-refractivity contribution in [3.8, 4) is 0 Å². The number of hydrogen-bond acceptors (Lipinski definition) is 2. The van der Waals surface area contributed by atoms with E-state index in [0.29, 0.717) is 5.92 Å². The van der Waals surface area contributed by atoms with Gasteiger partial charge in [0.05, 0.1) is 0 Å². The van der Waals surface area contributed by atoms with E-state index in [1.54, 1.807) is 0 Å². The van der Waals surface area contributed by atoms with Crippen molar-refractivity contribution in [2.45, 2.75) is 45.6 Å². The molecule has 1 aromatic rings. The number of carbonyl (C=O) groups is 1. The van der Waals surface area contributed by atoms with E-state index in [4.69, 9.17) is 5.11 Å². The van der Waals surface area contributed by atoms with Crippen molar-refractivity contribution in [1.29, 1.82) is 0 Å². The van der Waals surface area contributed by atoms with Gasteiger partial charge in [0.15, 0.2) is 0 Å². The van der Waals surface area contributed by atoms with Gasteiger partial charge in [0.2, 0.25) is 0 Å². The minimum atomic E-state index is -0.773. The van der Waals surface area contributed by atoms with Crippen molar-refractivity contribution >= 4 is 11.7 Å². The number of rotatable bonds is 2. The van der Waals surface area contributed by atoms with Crippen LogP contribution >= 0.6 is 0 Å². The van der Waals surface area contributed by atoms with Crippen LogP contribution < -0.4 is 4.90 Å². The highest BCUT2D eigenvalue weighted by Crippen LogP contribution is 2.43. The second-order valence-electron chi connectivity index (χ2n) is 5.96. The maximum atomic E-state index is 11.1. The molecule has 0 unspecified atom stereocenters. The van der Waals surface area contributed by atoms with E-state index >= 15 is 0 Å². The summed E-state index contributed by atoms with van der Waals surface area (Å²) in [6, 6.07) is 6.35. The molecule has 0 saturated carbocycles. The van der Waals surface area contributed by atoms with Gasteiger partial charge in [-0.3, -0.25) is 4.79 Å². The minimum Gasteiger partial charge on any atom is -0.480 e. The van der Waals surface area contributed by atoms with Gasteiger partial charge >= 0.3 is 5.97 Å². The normalized spacial score (nSPS) is 21.6. The second-order valence-corrected chi connectivity index (χ2v) is 5.96. The molecule has 1 aliphatic heterocycles. The predicted molar refractivity (Wildman–Crippen MR) is 73.3 cm³/mol. The Kier molecular flexibility index (Phi) is 3.09. The number of carboxylic acids is 1. The average molecular weight is 247 g/mol. The summed E-state index contributed by atoms with van der Waals surface area (Å²) in [5.74, 6) is -0.300. The number of aryl methyl sites for hydroxylation is 1. The van der Waals surface area contributed by atoms with Gasteiger partial charge in [-0.2, -0.15) is 0 Å². The maximum absolute atomic E-state index is 11.1. The van der Waals surface area contributed by atoms with Crippen LogP contribution in [0.25, 0.3) is 0 Å². The summed E-state index contributed by atoms with van der Waals surface area (Å²) < 4.78 is 0. The van der Waals surface area contributed by atoms with Crippen molar-refractivity contribution in [1.82, 2.24) is 0 Å². The predicted octanol–water partition coefficient (Wildman–Crippen LogP) is 3.17. The Balaban J connectivity index is 2.52. The summed E-state index contributed by atoms with van der Waals surface area (Å²) in [7, 11) is 0. The molecule has 1 aromatic carbocycles. The first kappa shape index (κ1) is 12.9. The smallest absolute Gasteiger partial charge is 0.323 e. The number of hydrogen-bond donors (Lipinski definition) is 1. The van der Waals surface area contributed by atoms with Crippen molar-refractivity contribution in [2.24, 2.45) is 0 Å². The van der Waals surface area contributed by atoms with Gasteiger partial charge in [-0.25, -0.2) is 0 Å². The monoisotopic (exact) mass is 247 g/mol. The van der Waals surface area contributed by atoms with Crippen LogP contribution in [-0.2, 0) is 4.79 Å². The van der Waals surface area contributed by atoms with Crippen LogP contribution in [0.3, 0.4) is 0 Å². The molecule has 2 rings (SSSR count). The number of benzene rings is 1. The third kappa shape index (κ3) is 2.22. The molecule has 3 nitrogen and oxygen atoms in total. The van der Waals surface area contributed by atoms with E-state index in [9.17, 15) is 4.79 Å². The molecule has 0 radical (unpaired) electrons. The van der Waals surface area contributed by atoms with Crippen LogP contribution in [0, 0.1) is 6.92 Å². The summed E-state index contributed by atoms with van der Waals surface area (Å²) in [6.45, 7) is 8.57. The Hall–Kier alpha value is -1.51. The number of anilines is 1. The van der Waals surface area contributed by atoms with Gasteiger partial charge in [-0.1, -0.05) is 19.1 Å². The van der Waals surface area contributed by atoms with Crippen molar-refractivity contribution in [3.05, 3.63) is 29.3 Å². The van der Waals surface area contributed by atoms with Crippen LogP contribution in [0.1, 0.15) is 44.2 Å². The van der Waals surface area contributed by atoms with Gasteiger partial charge in [0, 0.05) is 11.2 Å². The Morgan fingerprint density at radius 1 is 1.50 bits per heavy atom. The van der Waals surface area contributed by atoms with E-state index < -0.39 is 5.97 Å². The van der Waals surface area contributed by atoms with Crippen molar-refractivity contribution in [2.75, 3.05) is 11.4 Å². The SMILES string of the molecule is Cc1ccc2c(c1)N(CC(=O)O)C(C)(C)C[C@H]2C. The molecule has 1 N–H and O–H groups in total. The topological polar surface area (TPSA) is 40.5 Å². The Morgan fingerprint density at radius 3 is 2.78 bits per heavy atom. The van der Waals surface area contributed by atoms with Crippen molar-refractivity contribution in [3.63, 3.8) is 0 Å². The number of aliphatic carboxylic acids is 1. The maximum Gasteiger partial charge on any atom is 0.323 e. The van der Waals surface area contributed by atoms with Crippen LogP contribution in [0.4, 0.5) is 5.69 Å². The lowest BCUT2D eigenvalue weighted by Gasteiger charge is -2.46. The fourth-order valence-electron chi connectivity index (χ4n) is 3.03. The fraction of sp³-hybridized carbons (Fsp3) is 0.533. The molecule has 0 fully saturated rings. The summed E-state index contributed by atoms with van der Waals surface area (Å²) in [5, 5.41) is 9.12. The van der Waals surface area contributed by atoms with Crippen LogP contribution in [0.2, 0.25) is 0 Å². The highest BCUT2D eigenvalue weighted by atomic mass is 16.4. The molecule has 0 aromatic heterocycles. The number of nitrogens with zero attached hydrogens (tertiary/aromatic N) is 1. The standard InChI is InChI=1S/C15H21NO2/c1-10-5-6-12-11(2)8-15(3,4)16(9-14(17)18)13(12)7-10/h5-7,11H,8-9H2,1-4H3,(H,17,18)/t11-/m1/s1. The van der Waals surface area contributed by atoms with Gasteiger partial charge in [0.1, 0.15) is 6.54 Å². The third-order valence-electron chi connectivity index (χ3n) is 3.84. The zero-order valence-electron chi connectivity index (χ0n) is 11.5. The average Bonchev–Trinajstić information content (AvgIpc) is 2.23. The summed E-state index contributed by atoms with van der Waals surface area (Å²) >= 11 is 0. The molecule has 0 saturated heterocycles. The molecule has 3 heteroatoms. The minimum absolute atomic E-state index is 0.0656. The highest BCUT2D eigenvalue weighted by Gasteiger charge is 2.37. The highest BCUT2D eigenvalue weighted by molar-refractivity contribution is 5.76. The lowest BCUT2D eigenvalue weighted by molar-refractivity contribution is -0.135. The molecule has 1 aliphatic rings. The number of fused-ring (bicyclic) bond motifs is 1. The lowest BCUT2D eigenvalue weighted by Crippen LogP contribution is -2.50. The van der Waals surface area contributed by atoms with E-state index in [0.717, 1.165) is 12.1 Å². The van der Waals surface area contributed by atoms with E-state index in [1.807, 2.05) is 11.8 Å². The molecule has 18 heavy (non-hydrogen) atoms. The molecule has 0 aliphatic carbocycles. The first-order chi connectivity index (χ1) is 8.31. The number of carboxylic acid groups (broad SMARTS) is 1.